The molecule has 5 nitrogen and oxygen atoms in total. The lowest BCUT2D eigenvalue weighted by Crippen LogP contribution is -2.41. The van der Waals surface area contributed by atoms with Crippen LogP contribution in [0.15, 0.2) is 24.3 Å². The molecule has 1 aliphatic heterocycles. The van der Waals surface area contributed by atoms with Gasteiger partial charge in [-0.2, -0.15) is 0 Å². The van der Waals surface area contributed by atoms with Crippen LogP contribution in [0.4, 0.5) is 0 Å². The van der Waals surface area contributed by atoms with Crippen molar-refractivity contribution in [2.45, 2.75) is 52.2 Å². The fourth-order valence-electron chi connectivity index (χ4n) is 2.17. The Balaban J connectivity index is 1.85. The van der Waals surface area contributed by atoms with Crippen molar-refractivity contribution < 1.29 is 23.6 Å². The summed E-state index contributed by atoms with van der Waals surface area (Å²) in [6.45, 7) is 10.4. The summed E-state index contributed by atoms with van der Waals surface area (Å²) in [4.78, 5) is 10.6. The summed E-state index contributed by atoms with van der Waals surface area (Å²) in [7, 11) is -0.363. The van der Waals surface area contributed by atoms with Gasteiger partial charge >= 0.3 is 13.1 Å². The van der Waals surface area contributed by atoms with E-state index in [0.717, 1.165) is 11.2 Å². The van der Waals surface area contributed by atoms with Crippen molar-refractivity contribution >= 4 is 18.6 Å². The Bertz CT molecular complexity index is 522. The number of hydrogen-bond acceptors (Lipinski definition) is 5. The van der Waals surface area contributed by atoms with Gasteiger partial charge < -0.3 is 18.8 Å². The molecule has 0 radical (unpaired) electrons. The van der Waals surface area contributed by atoms with Crippen LogP contribution in [0, 0.1) is 0 Å². The number of hydrogen-bond donors (Lipinski definition) is 0. The maximum absolute atomic E-state index is 10.6. The van der Waals surface area contributed by atoms with Crippen molar-refractivity contribution in [2.24, 2.45) is 0 Å². The lowest BCUT2D eigenvalue weighted by molar-refractivity contribution is -0.141. The first-order valence-electron chi connectivity index (χ1n) is 7.93. The summed E-state index contributed by atoms with van der Waals surface area (Å²) in [5.74, 6) is 0.504. The molecule has 1 fully saturated rings. The SMILES string of the molecule is CC(=O)OCCCOc1ccc(B2OC(C)(C)C(C)(C)O2)cc1. The second-order valence-electron chi connectivity index (χ2n) is 6.70. The average molecular weight is 320 g/mol. The zero-order valence-corrected chi connectivity index (χ0v) is 14.5. The van der Waals surface area contributed by atoms with Crippen molar-refractivity contribution in [1.82, 2.24) is 0 Å². The van der Waals surface area contributed by atoms with E-state index in [-0.39, 0.29) is 24.3 Å². The molecule has 0 saturated carbocycles. The van der Waals surface area contributed by atoms with Gasteiger partial charge in [-0.1, -0.05) is 12.1 Å². The number of carbonyl (C=O) groups excluding carboxylic acids is 1. The molecule has 1 aromatic rings. The number of rotatable bonds is 6. The van der Waals surface area contributed by atoms with Crippen molar-refractivity contribution in [2.75, 3.05) is 13.2 Å². The van der Waals surface area contributed by atoms with Crippen molar-refractivity contribution in [3.8, 4) is 5.75 Å². The van der Waals surface area contributed by atoms with Crippen LogP contribution in [-0.2, 0) is 18.8 Å². The highest BCUT2D eigenvalue weighted by Gasteiger charge is 2.51. The fourth-order valence-corrected chi connectivity index (χ4v) is 2.17. The lowest BCUT2D eigenvalue weighted by Gasteiger charge is -2.32. The summed E-state index contributed by atoms with van der Waals surface area (Å²) in [5, 5.41) is 0. The highest BCUT2D eigenvalue weighted by atomic mass is 16.7. The van der Waals surface area contributed by atoms with E-state index in [0.29, 0.717) is 19.6 Å². The van der Waals surface area contributed by atoms with E-state index in [1.54, 1.807) is 0 Å². The summed E-state index contributed by atoms with van der Waals surface area (Å²) in [6.07, 6.45) is 0.665. The van der Waals surface area contributed by atoms with Gasteiger partial charge in [0, 0.05) is 13.3 Å². The summed E-state index contributed by atoms with van der Waals surface area (Å²) < 4.78 is 22.5. The maximum Gasteiger partial charge on any atom is 0.494 e. The lowest BCUT2D eigenvalue weighted by atomic mass is 9.79. The van der Waals surface area contributed by atoms with E-state index < -0.39 is 0 Å². The highest BCUT2D eigenvalue weighted by molar-refractivity contribution is 6.62. The first kappa shape index (κ1) is 17.8. The Labute approximate surface area is 138 Å². The first-order valence-corrected chi connectivity index (χ1v) is 7.93. The molecule has 2 rings (SSSR count). The molecule has 0 spiro atoms. The molecule has 1 heterocycles. The van der Waals surface area contributed by atoms with Crippen LogP contribution in [0.2, 0.25) is 0 Å². The Kier molecular flexibility index (Phi) is 5.37. The van der Waals surface area contributed by atoms with Crippen molar-refractivity contribution in [3.05, 3.63) is 24.3 Å². The third-order valence-corrected chi connectivity index (χ3v) is 4.27. The Morgan fingerprint density at radius 1 is 1.04 bits per heavy atom. The minimum atomic E-state index is -0.363. The van der Waals surface area contributed by atoms with E-state index in [2.05, 4.69) is 0 Å². The zero-order valence-electron chi connectivity index (χ0n) is 14.5. The van der Waals surface area contributed by atoms with Gasteiger partial charge in [0.1, 0.15) is 5.75 Å². The monoisotopic (exact) mass is 320 g/mol. The van der Waals surface area contributed by atoms with Gasteiger partial charge in [0.05, 0.1) is 24.4 Å². The molecule has 0 bridgehead atoms. The van der Waals surface area contributed by atoms with Crippen molar-refractivity contribution in [1.29, 1.82) is 0 Å². The molecule has 1 aromatic carbocycles. The average Bonchev–Trinajstić information content (AvgIpc) is 2.67. The minimum absolute atomic E-state index is 0.267. The maximum atomic E-state index is 10.6. The first-order chi connectivity index (χ1) is 10.7. The molecule has 0 amide bonds. The fraction of sp³-hybridized carbons (Fsp3) is 0.588. The highest BCUT2D eigenvalue weighted by Crippen LogP contribution is 2.36. The van der Waals surface area contributed by atoms with Gasteiger partial charge in [0.2, 0.25) is 0 Å². The standard InChI is InChI=1S/C17H25BO5/c1-13(19)20-11-6-12-21-15-9-7-14(8-10-15)18-22-16(2,3)17(4,5)23-18/h7-10H,6,11-12H2,1-5H3. The zero-order chi connectivity index (χ0) is 17.1. The van der Waals surface area contributed by atoms with Gasteiger partial charge in [0.15, 0.2) is 0 Å². The molecule has 0 unspecified atom stereocenters. The number of benzene rings is 1. The van der Waals surface area contributed by atoms with E-state index in [1.807, 2.05) is 52.0 Å². The molecule has 6 heteroatoms. The Morgan fingerprint density at radius 2 is 1.61 bits per heavy atom. The van der Waals surface area contributed by atoms with Crippen LogP contribution < -0.4 is 10.2 Å². The molecule has 23 heavy (non-hydrogen) atoms. The predicted octanol–water partition coefficient (Wildman–Crippen LogP) is 2.32. The van der Waals surface area contributed by atoms with E-state index in [1.165, 1.54) is 6.92 Å². The van der Waals surface area contributed by atoms with E-state index in [4.69, 9.17) is 18.8 Å². The topological polar surface area (TPSA) is 54.0 Å². The Morgan fingerprint density at radius 3 is 2.13 bits per heavy atom. The van der Waals surface area contributed by atoms with Crippen LogP contribution >= 0.6 is 0 Å². The van der Waals surface area contributed by atoms with Crippen LogP contribution in [0.1, 0.15) is 41.0 Å². The summed E-state index contributed by atoms with van der Waals surface area (Å²) in [6, 6.07) is 7.69. The molecule has 0 atom stereocenters. The smallest absolute Gasteiger partial charge is 0.493 e. The van der Waals surface area contributed by atoms with E-state index in [9.17, 15) is 4.79 Å². The third kappa shape index (κ3) is 4.48. The second-order valence-corrected chi connectivity index (χ2v) is 6.70. The Hall–Kier alpha value is -1.53. The second kappa shape index (κ2) is 6.93. The molecule has 1 saturated heterocycles. The van der Waals surface area contributed by atoms with Crippen LogP contribution in [-0.4, -0.2) is 37.5 Å². The molecular weight excluding hydrogens is 295 g/mol. The van der Waals surface area contributed by atoms with Gasteiger partial charge in [0.25, 0.3) is 0 Å². The van der Waals surface area contributed by atoms with Gasteiger partial charge in [-0.3, -0.25) is 4.79 Å². The molecule has 0 aromatic heterocycles. The van der Waals surface area contributed by atoms with E-state index >= 15 is 0 Å². The van der Waals surface area contributed by atoms with Gasteiger partial charge in [-0.15, -0.1) is 0 Å². The van der Waals surface area contributed by atoms with Crippen molar-refractivity contribution in [3.63, 3.8) is 0 Å². The van der Waals surface area contributed by atoms with Crippen LogP contribution in [0.3, 0.4) is 0 Å². The predicted molar refractivity (Wildman–Crippen MR) is 88.9 cm³/mol. The van der Waals surface area contributed by atoms with Crippen LogP contribution in [0.25, 0.3) is 0 Å². The number of carbonyl (C=O) groups is 1. The molecule has 0 N–H and O–H groups in total. The summed E-state index contributed by atoms with van der Waals surface area (Å²) >= 11 is 0. The van der Waals surface area contributed by atoms with Crippen LogP contribution in [0.5, 0.6) is 5.75 Å². The third-order valence-electron chi connectivity index (χ3n) is 4.27. The number of ether oxygens (including phenoxy) is 2. The minimum Gasteiger partial charge on any atom is -0.493 e. The molecule has 126 valence electrons. The quantitative estimate of drug-likeness (QED) is 0.457. The molecule has 0 aliphatic carbocycles. The van der Waals surface area contributed by atoms with Gasteiger partial charge in [-0.05, 0) is 45.3 Å². The molecule has 1 aliphatic rings. The molecular formula is C17H25BO5. The normalized spacial score (nSPS) is 18.7. The largest absolute Gasteiger partial charge is 0.494 e. The number of esters is 1. The van der Waals surface area contributed by atoms with Gasteiger partial charge in [-0.25, -0.2) is 0 Å². The summed E-state index contributed by atoms with van der Waals surface area (Å²) in [5.41, 5.74) is 0.281.